The number of aromatic nitrogens is 2. The van der Waals surface area contributed by atoms with Gasteiger partial charge < -0.3 is 4.98 Å². The minimum Gasteiger partial charge on any atom is -0.360 e. The molecule has 0 spiro atoms. The molecule has 2 aromatic heterocycles. The van der Waals surface area contributed by atoms with Crippen LogP contribution in [-0.2, 0) is 19.4 Å². The third-order valence-electron chi connectivity index (χ3n) is 5.02. The summed E-state index contributed by atoms with van der Waals surface area (Å²) in [5.41, 5.74) is 5.61. The van der Waals surface area contributed by atoms with E-state index in [9.17, 15) is 4.79 Å². The number of aromatic amines is 1. The van der Waals surface area contributed by atoms with Crippen LogP contribution in [0.25, 0.3) is 10.9 Å². The van der Waals surface area contributed by atoms with Crippen molar-refractivity contribution in [2.45, 2.75) is 26.3 Å². The van der Waals surface area contributed by atoms with Crippen molar-refractivity contribution in [2.24, 2.45) is 0 Å². The third kappa shape index (κ3) is 3.68. The number of rotatable bonds is 6. The first-order valence-corrected chi connectivity index (χ1v) is 9.38. The molecule has 0 saturated carbocycles. The number of aryl methyl sites for hydroxylation is 1. The summed E-state index contributed by atoms with van der Waals surface area (Å²) in [6.45, 7) is 2.47. The Labute approximate surface area is 159 Å². The Morgan fingerprint density at radius 1 is 0.926 bits per heavy atom. The molecule has 0 fully saturated rings. The van der Waals surface area contributed by atoms with Crippen molar-refractivity contribution < 1.29 is 9.36 Å². The lowest BCUT2D eigenvalue weighted by Crippen LogP contribution is -2.37. The molecule has 134 valence electrons. The molecule has 2 heterocycles. The summed E-state index contributed by atoms with van der Waals surface area (Å²) in [5, 5.41) is 1.01. The zero-order valence-electron chi connectivity index (χ0n) is 15.5. The van der Waals surface area contributed by atoms with Crippen LogP contribution in [0.15, 0.2) is 79.3 Å². The molecule has 27 heavy (non-hydrogen) atoms. The standard InChI is InChI=1S/C24H22N2O/c1-2-20-9-6-10-21-22(16-25-24(20)21)23(27)17-26-13-11-19(12-14-26)15-18-7-4-3-5-8-18/h3-14,16H,2,15,17H2,1H3/p+1. The Kier molecular flexibility index (Phi) is 4.84. The molecule has 4 aromatic rings. The topological polar surface area (TPSA) is 36.7 Å². The molecular weight excluding hydrogens is 332 g/mol. The summed E-state index contributed by atoms with van der Waals surface area (Å²) in [5.74, 6) is 0.121. The van der Waals surface area contributed by atoms with Gasteiger partial charge in [0.2, 0.25) is 12.3 Å². The van der Waals surface area contributed by atoms with Crippen molar-refractivity contribution in [3.63, 3.8) is 0 Å². The normalized spacial score (nSPS) is 11.0. The van der Waals surface area contributed by atoms with E-state index in [1.165, 1.54) is 16.7 Å². The fourth-order valence-corrected chi connectivity index (χ4v) is 3.54. The second kappa shape index (κ2) is 7.58. The highest BCUT2D eigenvalue weighted by atomic mass is 16.1. The molecule has 0 amide bonds. The Morgan fingerprint density at radius 2 is 1.67 bits per heavy atom. The van der Waals surface area contributed by atoms with Crippen molar-refractivity contribution in [2.75, 3.05) is 0 Å². The lowest BCUT2D eigenvalue weighted by molar-refractivity contribution is -0.683. The van der Waals surface area contributed by atoms with Crippen LogP contribution in [0.2, 0.25) is 0 Å². The SMILES string of the molecule is CCc1cccc2c(C(=O)C[n+]3ccc(Cc4ccccc4)cc3)c[nH]c12. The molecule has 0 aliphatic carbocycles. The van der Waals surface area contributed by atoms with Crippen LogP contribution < -0.4 is 4.57 Å². The maximum absolute atomic E-state index is 12.8. The summed E-state index contributed by atoms with van der Waals surface area (Å²) < 4.78 is 1.94. The Balaban J connectivity index is 1.50. The highest BCUT2D eigenvalue weighted by Gasteiger charge is 2.17. The summed E-state index contributed by atoms with van der Waals surface area (Å²) in [7, 11) is 0. The summed E-state index contributed by atoms with van der Waals surface area (Å²) in [4.78, 5) is 16.1. The van der Waals surface area contributed by atoms with E-state index >= 15 is 0 Å². The van der Waals surface area contributed by atoms with Gasteiger partial charge in [0.1, 0.15) is 0 Å². The zero-order valence-corrected chi connectivity index (χ0v) is 15.5. The maximum Gasteiger partial charge on any atom is 0.229 e. The highest BCUT2D eigenvalue weighted by molar-refractivity contribution is 6.07. The molecule has 2 aromatic carbocycles. The van der Waals surface area contributed by atoms with Crippen LogP contribution >= 0.6 is 0 Å². The number of hydrogen-bond donors (Lipinski definition) is 1. The van der Waals surface area contributed by atoms with Crippen LogP contribution in [0.1, 0.15) is 34.0 Å². The number of fused-ring (bicyclic) bond motifs is 1. The number of pyridine rings is 1. The molecule has 0 saturated heterocycles. The second-order valence-corrected chi connectivity index (χ2v) is 6.86. The van der Waals surface area contributed by atoms with E-state index in [0.29, 0.717) is 6.54 Å². The van der Waals surface area contributed by atoms with E-state index in [1.807, 2.05) is 41.4 Å². The summed E-state index contributed by atoms with van der Waals surface area (Å²) in [6, 6.07) is 20.7. The van der Waals surface area contributed by atoms with Gasteiger partial charge in [0.15, 0.2) is 12.4 Å². The van der Waals surface area contributed by atoms with Crippen molar-refractivity contribution in [3.05, 3.63) is 102 Å². The van der Waals surface area contributed by atoms with Crippen LogP contribution in [0.3, 0.4) is 0 Å². The average molecular weight is 355 g/mol. The van der Waals surface area contributed by atoms with Gasteiger partial charge in [-0.05, 0) is 29.5 Å². The maximum atomic E-state index is 12.8. The second-order valence-electron chi connectivity index (χ2n) is 6.86. The van der Waals surface area contributed by atoms with Crippen molar-refractivity contribution in [3.8, 4) is 0 Å². The molecule has 3 nitrogen and oxygen atoms in total. The van der Waals surface area contributed by atoms with E-state index in [0.717, 1.165) is 29.3 Å². The van der Waals surface area contributed by atoms with Gasteiger partial charge in [-0.15, -0.1) is 0 Å². The fourth-order valence-electron chi connectivity index (χ4n) is 3.54. The molecule has 0 aliphatic rings. The number of Topliss-reactive ketones (excluding diaryl/α,β-unsaturated/α-hetero) is 1. The molecular formula is C24H23N2O+. The first-order chi connectivity index (χ1) is 13.2. The number of ketones is 1. The van der Waals surface area contributed by atoms with Crippen LogP contribution in [-0.4, -0.2) is 10.8 Å². The predicted molar refractivity (Wildman–Crippen MR) is 108 cm³/mol. The molecule has 0 unspecified atom stereocenters. The van der Waals surface area contributed by atoms with Crippen LogP contribution in [0.4, 0.5) is 0 Å². The van der Waals surface area contributed by atoms with Gasteiger partial charge in [-0.2, -0.15) is 4.57 Å². The number of carbonyl (C=O) groups excluding carboxylic acids is 1. The monoisotopic (exact) mass is 355 g/mol. The van der Waals surface area contributed by atoms with E-state index in [2.05, 4.69) is 54.4 Å². The van der Waals surface area contributed by atoms with Crippen molar-refractivity contribution >= 4 is 16.7 Å². The zero-order chi connectivity index (χ0) is 18.6. The fraction of sp³-hybridized carbons (Fsp3) is 0.167. The Hall–Kier alpha value is -3.20. The molecule has 1 N–H and O–H groups in total. The van der Waals surface area contributed by atoms with Crippen LogP contribution in [0.5, 0.6) is 0 Å². The van der Waals surface area contributed by atoms with Crippen molar-refractivity contribution in [1.82, 2.24) is 4.98 Å². The first-order valence-electron chi connectivity index (χ1n) is 9.38. The molecule has 0 bridgehead atoms. The first kappa shape index (κ1) is 17.2. The lowest BCUT2D eigenvalue weighted by atomic mass is 10.0. The van der Waals surface area contributed by atoms with E-state index in [-0.39, 0.29) is 5.78 Å². The average Bonchev–Trinajstić information content (AvgIpc) is 3.15. The van der Waals surface area contributed by atoms with Gasteiger partial charge in [0.05, 0.1) is 0 Å². The minimum absolute atomic E-state index is 0.121. The van der Waals surface area contributed by atoms with Gasteiger partial charge in [-0.25, -0.2) is 0 Å². The molecule has 0 radical (unpaired) electrons. The number of nitrogens with zero attached hydrogens (tertiary/aromatic N) is 1. The third-order valence-corrected chi connectivity index (χ3v) is 5.02. The van der Waals surface area contributed by atoms with Gasteiger partial charge in [0.25, 0.3) is 0 Å². The largest absolute Gasteiger partial charge is 0.360 e. The Morgan fingerprint density at radius 3 is 2.41 bits per heavy atom. The Bertz CT molecular complexity index is 1060. The molecule has 0 atom stereocenters. The number of para-hydroxylation sites is 1. The number of H-pyrrole nitrogens is 1. The number of hydrogen-bond acceptors (Lipinski definition) is 1. The van der Waals surface area contributed by atoms with Crippen molar-refractivity contribution in [1.29, 1.82) is 0 Å². The number of nitrogens with one attached hydrogen (secondary N) is 1. The number of benzene rings is 2. The molecule has 0 aliphatic heterocycles. The van der Waals surface area contributed by atoms with E-state index in [4.69, 9.17) is 0 Å². The molecule has 3 heteroatoms. The van der Waals surface area contributed by atoms with Gasteiger partial charge in [0, 0.05) is 34.8 Å². The van der Waals surface area contributed by atoms with E-state index < -0.39 is 0 Å². The van der Waals surface area contributed by atoms with E-state index in [1.54, 1.807) is 0 Å². The quantitative estimate of drug-likeness (QED) is 0.401. The minimum atomic E-state index is 0.121. The number of carbonyl (C=O) groups is 1. The van der Waals surface area contributed by atoms with Crippen LogP contribution in [0, 0.1) is 0 Å². The highest BCUT2D eigenvalue weighted by Crippen LogP contribution is 2.22. The van der Waals surface area contributed by atoms with Gasteiger partial charge >= 0.3 is 0 Å². The lowest BCUT2D eigenvalue weighted by Gasteiger charge is -2.02. The molecule has 4 rings (SSSR count). The summed E-state index contributed by atoms with van der Waals surface area (Å²) in [6.07, 6.45) is 7.67. The van der Waals surface area contributed by atoms with Gasteiger partial charge in [-0.1, -0.05) is 55.5 Å². The van der Waals surface area contributed by atoms with Gasteiger partial charge in [-0.3, -0.25) is 4.79 Å². The smallest absolute Gasteiger partial charge is 0.229 e. The summed E-state index contributed by atoms with van der Waals surface area (Å²) >= 11 is 0. The predicted octanol–water partition coefficient (Wildman–Crippen LogP) is 4.49.